The van der Waals surface area contributed by atoms with E-state index in [9.17, 15) is 9.18 Å². The molecule has 3 heteroatoms. The largest absolute Gasteiger partial charge is 0.353 e. The first-order valence-corrected chi connectivity index (χ1v) is 2.36. The van der Waals surface area contributed by atoms with Crippen LogP contribution in [0.2, 0.25) is 0 Å². The Labute approximate surface area is 48.9 Å². The number of halogens is 1. The molecule has 0 unspecified atom stereocenters. The molecule has 0 aromatic heterocycles. The standard InChI is InChI=1S/C5H8FNO.H2/c1-2-7-5(8)3-4-6;/h3-4H,2H2,1H3,(H,7,8);1H/b4-3-;. The lowest BCUT2D eigenvalue weighted by atomic mass is 10.5. The molecule has 48 valence electrons. The minimum Gasteiger partial charge on any atom is -0.353 e. The summed E-state index contributed by atoms with van der Waals surface area (Å²) in [5.41, 5.74) is 0. The third-order valence-electron chi connectivity index (χ3n) is 0.565. The summed E-state index contributed by atoms with van der Waals surface area (Å²) < 4.78 is 11.1. The van der Waals surface area contributed by atoms with E-state index in [0.29, 0.717) is 6.54 Å². The Morgan fingerprint density at radius 2 is 2.62 bits per heavy atom. The average molecular weight is 119 g/mol. The van der Waals surface area contributed by atoms with E-state index in [1.165, 1.54) is 0 Å². The second kappa shape index (κ2) is 4.30. The van der Waals surface area contributed by atoms with Crippen LogP contribution in [0.15, 0.2) is 12.4 Å². The van der Waals surface area contributed by atoms with Crippen molar-refractivity contribution in [2.45, 2.75) is 6.92 Å². The third kappa shape index (κ3) is 3.33. The van der Waals surface area contributed by atoms with Crippen molar-refractivity contribution >= 4 is 5.91 Å². The molecule has 1 N–H and O–H groups in total. The number of hydrogen-bond acceptors (Lipinski definition) is 1. The lowest BCUT2D eigenvalue weighted by Gasteiger charge is -1.90. The van der Waals surface area contributed by atoms with Gasteiger partial charge in [-0.05, 0) is 6.92 Å². The van der Waals surface area contributed by atoms with Crippen LogP contribution in [-0.2, 0) is 4.79 Å². The van der Waals surface area contributed by atoms with Crippen LogP contribution < -0.4 is 5.32 Å². The highest BCUT2D eigenvalue weighted by Gasteiger charge is 1.86. The maximum atomic E-state index is 11.1. The molecular weight excluding hydrogens is 109 g/mol. The Balaban J connectivity index is 0. The molecule has 0 rings (SSSR count). The van der Waals surface area contributed by atoms with Crippen LogP contribution in [0.25, 0.3) is 0 Å². The van der Waals surface area contributed by atoms with E-state index >= 15 is 0 Å². The summed E-state index contributed by atoms with van der Waals surface area (Å²) in [6.07, 6.45) is 1.05. The highest BCUT2D eigenvalue weighted by Crippen LogP contribution is 1.71. The molecule has 0 aromatic rings. The molecule has 1 amide bonds. The molecule has 0 heterocycles. The van der Waals surface area contributed by atoms with Crippen LogP contribution in [0, 0.1) is 0 Å². The van der Waals surface area contributed by atoms with Crippen LogP contribution in [-0.4, -0.2) is 12.5 Å². The number of carbonyl (C=O) groups excluding carboxylic acids is 1. The molecule has 0 bridgehead atoms. The quantitative estimate of drug-likeness (QED) is 0.536. The Morgan fingerprint density at radius 3 is 3.00 bits per heavy atom. The normalized spacial score (nSPS) is 9.75. The van der Waals surface area contributed by atoms with Crippen LogP contribution in [0.3, 0.4) is 0 Å². The van der Waals surface area contributed by atoms with E-state index in [4.69, 9.17) is 0 Å². The summed E-state index contributed by atoms with van der Waals surface area (Å²) in [5, 5.41) is 2.38. The smallest absolute Gasteiger partial charge is 0.246 e. The first-order chi connectivity index (χ1) is 3.81. The summed E-state index contributed by atoms with van der Waals surface area (Å²) in [4.78, 5) is 10.2. The predicted molar refractivity (Wildman–Crippen MR) is 31.0 cm³/mol. The molecule has 2 nitrogen and oxygen atoms in total. The summed E-state index contributed by atoms with van der Waals surface area (Å²) in [7, 11) is 0. The lowest BCUT2D eigenvalue weighted by molar-refractivity contribution is -0.116. The van der Waals surface area contributed by atoms with Gasteiger partial charge >= 0.3 is 0 Å². The van der Waals surface area contributed by atoms with Crippen LogP contribution >= 0.6 is 0 Å². The van der Waals surface area contributed by atoms with Gasteiger partial charge in [0.05, 0.1) is 6.33 Å². The zero-order valence-electron chi connectivity index (χ0n) is 4.65. The van der Waals surface area contributed by atoms with Gasteiger partial charge in [0.25, 0.3) is 0 Å². The van der Waals surface area contributed by atoms with Crippen molar-refractivity contribution < 1.29 is 10.6 Å². The summed E-state index contributed by atoms with van der Waals surface area (Å²) in [5.74, 6) is -0.394. The minimum absolute atomic E-state index is 0. The molecule has 0 atom stereocenters. The fraction of sp³-hybridized carbons (Fsp3) is 0.400. The van der Waals surface area contributed by atoms with E-state index in [1.54, 1.807) is 6.92 Å². The van der Waals surface area contributed by atoms with Gasteiger partial charge in [-0.2, -0.15) is 0 Å². The zero-order valence-corrected chi connectivity index (χ0v) is 4.65. The van der Waals surface area contributed by atoms with Crippen molar-refractivity contribution in [2.24, 2.45) is 0 Å². The minimum atomic E-state index is -0.394. The molecular formula is C5H10FNO. The van der Waals surface area contributed by atoms with Gasteiger partial charge in [-0.1, -0.05) is 0 Å². The van der Waals surface area contributed by atoms with E-state index in [1.807, 2.05) is 0 Å². The molecule has 0 spiro atoms. The van der Waals surface area contributed by atoms with Crippen LogP contribution in [0.5, 0.6) is 0 Å². The van der Waals surface area contributed by atoms with E-state index in [0.717, 1.165) is 6.08 Å². The van der Waals surface area contributed by atoms with E-state index in [2.05, 4.69) is 5.32 Å². The van der Waals surface area contributed by atoms with Crippen LogP contribution in [0.4, 0.5) is 4.39 Å². The molecule has 0 aliphatic heterocycles. The number of amides is 1. The van der Waals surface area contributed by atoms with Crippen molar-refractivity contribution in [3.63, 3.8) is 0 Å². The van der Waals surface area contributed by atoms with Gasteiger partial charge in [0.2, 0.25) is 5.91 Å². The molecule has 0 aliphatic rings. The Kier molecular flexibility index (Phi) is 3.84. The first kappa shape index (κ1) is 7.14. The topological polar surface area (TPSA) is 29.1 Å². The van der Waals surface area contributed by atoms with Gasteiger partial charge in [-0.15, -0.1) is 0 Å². The number of carbonyl (C=O) groups is 1. The maximum Gasteiger partial charge on any atom is 0.246 e. The number of nitrogens with one attached hydrogen (secondary N) is 1. The Hall–Kier alpha value is -0.860. The van der Waals surface area contributed by atoms with Crippen molar-refractivity contribution in [3.8, 4) is 0 Å². The highest BCUT2D eigenvalue weighted by molar-refractivity contribution is 5.87. The Morgan fingerprint density at radius 1 is 2.00 bits per heavy atom. The molecule has 0 saturated heterocycles. The molecule has 8 heavy (non-hydrogen) atoms. The summed E-state index contributed by atoms with van der Waals surface area (Å²) >= 11 is 0. The van der Waals surface area contributed by atoms with Gasteiger partial charge in [-0.25, -0.2) is 4.39 Å². The Bertz CT molecular complexity index is 105. The van der Waals surface area contributed by atoms with Crippen molar-refractivity contribution in [1.29, 1.82) is 0 Å². The first-order valence-electron chi connectivity index (χ1n) is 2.36. The van der Waals surface area contributed by atoms with Gasteiger partial charge in [0.1, 0.15) is 0 Å². The van der Waals surface area contributed by atoms with Crippen molar-refractivity contribution in [3.05, 3.63) is 12.4 Å². The molecule has 0 aliphatic carbocycles. The van der Waals surface area contributed by atoms with Gasteiger partial charge in [0.15, 0.2) is 0 Å². The monoisotopic (exact) mass is 119 g/mol. The average Bonchev–Trinajstić information content (AvgIpc) is 1.68. The van der Waals surface area contributed by atoms with Gasteiger partial charge < -0.3 is 5.32 Å². The van der Waals surface area contributed by atoms with Crippen LogP contribution in [0.1, 0.15) is 8.35 Å². The van der Waals surface area contributed by atoms with Crippen molar-refractivity contribution in [1.82, 2.24) is 5.32 Å². The molecule has 0 aromatic carbocycles. The van der Waals surface area contributed by atoms with Gasteiger partial charge in [-0.3, -0.25) is 4.79 Å². The molecule has 0 fully saturated rings. The SMILES string of the molecule is CCNC(=O)/C=C\F.[HH]. The summed E-state index contributed by atoms with van der Waals surface area (Å²) in [6, 6.07) is 0. The van der Waals surface area contributed by atoms with Crippen molar-refractivity contribution in [2.75, 3.05) is 6.54 Å². The number of rotatable bonds is 2. The molecule has 0 saturated carbocycles. The third-order valence-corrected chi connectivity index (χ3v) is 0.565. The second-order valence-corrected chi connectivity index (χ2v) is 1.19. The van der Waals surface area contributed by atoms with E-state index in [-0.39, 0.29) is 7.76 Å². The van der Waals surface area contributed by atoms with Gasteiger partial charge in [0, 0.05) is 14.0 Å². The highest BCUT2D eigenvalue weighted by atomic mass is 19.1. The maximum absolute atomic E-state index is 11.1. The number of likely N-dealkylation sites (N-methyl/N-ethyl adjacent to an activating group) is 1. The fourth-order valence-electron chi connectivity index (χ4n) is 0.290. The lowest BCUT2D eigenvalue weighted by Crippen LogP contribution is -2.19. The number of hydrogen-bond donors (Lipinski definition) is 1. The second-order valence-electron chi connectivity index (χ2n) is 1.19. The van der Waals surface area contributed by atoms with E-state index < -0.39 is 5.91 Å². The zero-order chi connectivity index (χ0) is 6.41. The molecule has 0 radical (unpaired) electrons. The summed E-state index contributed by atoms with van der Waals surface area (Å²) in [6.45, 7) is 2.30. The predicted octanol–water partition coefficient (Wildman–Crippen LogP) is 0.852. The fourth-order valence-corrected chi connectivity index (χ4v) is 0.290.